The number of ether oxygens (including phenoxy) is 3. The van der Waals surface area contributed by atoms with E-state index in [1.807, 2.05) is 31.2 Å². The van der Waals surface area contributed by atoms with Gasteiger partial charge in [0.05, 0.1) is 21.3 Å². The Labute approximate surface area is 173 Å². The number of benzene rings is 2. The molecule has 0 aliphatic heterocycles. The van der Waals surface area contributed by atoms with Crippen LogP contribution in [0.25, 0.3) is 16.9 Å². The van der Waals surface area contributed by atoms with Gasteiger partial charge in [-0.3, -0.25) is 9.78 Å². The van der Waals surface area contributed by atoms with Crippen molar-refractivity contribution in [3.63, 3.8) is 0 Å². The smallest absolute Gasteiger partial charge is 0.213 e. The molecule has 0 saturated heterocycles. The molecular formula is C23H21N3O4. The van der Waals surface area contributed by atoms with Gasteiger partial charge in [0.15, 0.2) is 17.1 Å². The Kier molecular flexibility index (Phi) is 5.10. The van der Waals surface area contributed by atoms with Gasteiger partial charge in [-0.15, -0.1) is 0 Å². The van der Waals surface area contributed by atoms with Crippen molar-refractivity contribution in [3.05, 3.63) is 71.8 Å². The molecule has 7 nitrogen and oxygen atoms in total. The van der Waals surface area contributed by atoms with Crippen LogP contribution >= 0.6 is 0 Å². The summed E-state index contributed by atoms with van der Waals surface area (Å²) in [5, 5.41) is 0. The van der Waals surface area contributed by atoms with Gasteiger partial charge in [-0.05, 0) is 19.1 Å². The fraction of sp³-hybridized carbons (Fsp3) is 0.174. The highest BCUT2D eigenvalue weighted by molar-refractivity contribution is 6.09. The third-order valence-corrected chi connectivity index (χ3v) is 4.86. The molecule has 4 aromatic rings. The Morgan fingerprint density at radius 3 is 2.23 bits per heavy atom. The lowest BCUT2D eigenvalue weighted by Crippen LogP contribution is -2.04. The number of rotatable bonds is 6. The van der Waals surface area contributed by atoms with Crippen molar-refractivity contribution in [3.8, 4) is 28.5 Å². The standard InChI is InChI=1S/C23H21N3O4/c1-14-5-7-15(8-6-14)20-23-25-17(13-26(23)10-9-24-20)21(27)16-11-18(28-2)22(30-4)19(12-16)29-3/h5-13H,1-4H3. The maximum Gasteiger partial charge on any atom is 0.213 e. The average Bonchev–Trinajstić information content (AvgIpc) is 3.22. The highest BCUT2D eigenvalue weighted by Crippen LogP contribution is 2.38. The number of hydrogen-bond acceptors (Lipinski definition) is 6. The van der Waals surface area contributed by atoms with Gasteiger partial charge in [0.25, 0.3) is 0 Å². The summed E-state index contributed by atoms with van der Waals surface area (Å²) in [5.74, 6) is 0.988. The van der Waals surface area contributed by atoms with Crippen LogP contribution in [-0.4, -0.2) is 41.5 Å². The van der Waals surface area contributed by atoms with Crippen LogP contribution < -0.4 is 14.2 Å². The summed E-state index contributed by atoms with van der Waals surface area (Å²) < 4.78 is 17.8. The summed E-state index contributed by atoms with van der Waals surface area (Å²) in [6, 6.07) is 11.3. The number of aryl methyl sites for hydroxylation is 1. The molecule has 0 aliphatic carbocycles. The lowest BCUT2D eigenvalue weighted by Gasteiger charge is -2.13. The third kappa shape index (κ3) is 3.34. The van der Waals surface area contributed by atoms with Crippen molar-refractivity contribution in [2.75, 3.05) is 21.3 Å². The number of hydrogen-bond donors (Lipinski definition) is 0. The van der Waals surface area contributed by atoms with Gasteiger partial charge < -0.3 is 18.6 Å². The first kappa shape index (κ1) is 19.4. The van der Waals surface area contributed by atoms with Crippen molar-refractivity contribution in [1.82, 2.24) is 14.4 Å². The van der Waals surface area contributed by atoms with Crippen molar-refractivity contribution in [2.24, 2.45) is 0 Å². The van der Waals surface area contributed by atoms with Gasteiger partial charge >= 0.3 is 0 Å². The van der Waals surface area contributed by atoms with Gasteiger partial charge in [0, 0.05) is 29.7 Å². The second-order valence-corrected chi connectivity index (χ2v) is 6.74. The Morgan fingerprint density at radius 1 is 0.967 bits per heavy atom. The number of imidazole rings is 1. The van der Waals surface area contributed by atoms with Crippen LogP contribution in [0.15, 0.2) is 55.0 Å². The van der Waals surface area contributed by atoms with Crippen LogP contribution in [0.4, 0.5) is 0 Å². The zero-order chi connectivity index (χ0) is 21.3. The molecule has 0 saturated carbocycles. The van der Waals surface area contributed by atoms with Crippen LogP contribution in [0.5, 0.6) is 17.2 Å². The van der Waals surface area contributed by atoms with Gasteiger partial charge in [0.2, 0.25) is 11.5 Å². The monoisotopic (exact) mass is 403 g/mol. The van der Waals surface area contributed by atoms with Crippen LogP contribution in [0, 0.1) is 6.92 Å². The maximum atomic E-state index is 13.2. The molecule has 0 radical (unpaired) electrons. The fourth-order valence-electron chi connectivity index (χ4n) is 3.30. The van der Waals surface area contributed by atoms with E-state index in [0.717, 1.165) is 11.1 Å². The van der Waals surface area contributed by atoms with E-state index in [1.165, 1.54) is 21.3 Å². The third-order valence-electron chi connectivity index (χ3n) is 4.86. The number of ketones is 1. The van der Waals surface area contributed by atoms with Crippen LogP contribution in [0.3, 0.4) is 0 Å². The van der Waals surface area contributed by atoms with E-state index in [9.17, 15) is 4.79 Å². The normalized spacial score (nSPS) is 10.8. The minimum atomic E-state index is -0.257. The predicted octanol–water partition coefficient (Wildman–Crippen LogP) is 3.96. The van der Waals surface area contributed by atoms with E-state index in [4.69, 9.17) is 14.2 Å². The molecule has 4 rings (SSSR count). The molecule has 0 N–H and O–H groups in total. The van der Waals surface area contributed by atoms with Crippen molar-refractivity contribution in [2.45, 2.75) is 6.92 Å². The van der Waals surface area contributed by atoms with Crippen molar-refractivity contribution in [1.29, 1.82) is 0 Å². The van der Waals surface area contributed by atoms with Gasteiger partial charge in [-0.2, -0.15) is 0 Å². The molecule has 0 bridgehead atoms. The first-order chi connectivity index (χ1) is 14.5. The maximum absolute atomic E-state index is 13.2. The van der Waals surface area contributed by atoms with Crippen molar-refractivity contribution < 1.29 is 19.0 Å². The molecule has 0 atom stereocenters. The van der Waals surface area contributed by atoms with Crippen molar-refractivity contribution >= 4 is 11.4 Å². The fourth-order valence-corrected chi connectivity index (χ4v) is 3.30. The van der Waals surface area contributed by atoms with Crippen LogP contribution in [-0.2, 0) is 0 Å². The van der Waals surface area contributed by atoms with E-state index in [2.05, 4.69) is 9.97 Å². The minimum absolute atomic E-state index is 0.257. The molecule has 2 aromatic heterocycles. The zero-order valence-electron chi connectivity index (χ0n) is 17.2. The predicted molar refractivity (Wildman–Crippen MR) is 113 cm³/mol. The van der Waals surface area contributed by atoms with E-state index in [1.54, 1.807) is 35.1 Å². The number of nitrogens with zero attached hydrogens (tertiary/aromatic N) is 3. The number of carbonyl (C=O) groups excluding carboxylic acids is 1. The van der Waals surface area contributed by atoms with E-state index >= 15 is 0 Å². The number of methoxy groups -OCH3 is 3. The second-order valence-electron chi connectivity index (χ2n) is 6.74. The van der Waals surface area contributed by atoms with E-state index in [-0.39, 0.29) is 5.78 Å². The largest absolute Gasteiger partial charge is 0.493 e. The highest BCUT2D eigenvalue weighted by Gasteiger charge is 2.21. The summed E-state index contributed by atoms with van der Waals surface area (Å²) in [6.45, 7) is 2.03. The highest BCUT2D eigenvalue weighted by atomic mass is 16.5. The first-order valence-electron chi connectivity index (χ1n) is 9.31. The lowest BCUT2D eigenvalue weighted by atomic mass is 10.1. The minimum Gasteiger partial charge on any atom is -0.493 e. The van der Waals surface area contributed by atoms with E-state index in [0.29, 0.717) is 39.8 Å². The average molecular weight is 403 g/mol. The molecule has 7 heteroatoms. The first-order valence-corrected chi connectivity index (χ1v) is 9.31. The molecule has 0 spiro atoms. The molecule has 0 amide bonds. The molecular weight excluding hydrogens is 382 g/mol. The van der Waals surface area contributed by atoms with Gasteiger partial charge in [0.1, 0.15) is 11.4 Å². The summed E-state index contributed by atoms with van der Waals surface area (Å²) in [5.41, 5.74) is 4.10. The Balaban J connectivity index is 1.80. The quantitative estimate of drug-likeness (QED) is 0.454. The Hall–Kier alpha value is -3.87. The number of fused-ring (bicyclic) bond motifs is 1. The van der Waals surface area contributed by atoms with Gasteiger partial charge in [-0.1, -0.05) is 29.8 Å². The summed E-state index contributed by atoms with van der Waals surface area (Å²) in [4.78, 5) is 22.3. The molecule has 0 aliphatic rings. The SMILES string of the molecule is COc1cc(C(=O)c2cn3ccnc(-c4ccc(C)cc4)c3n2)cc(OC)c1OC. The molecule has 2 heterocycles. The number of carbonyl (C=O) groups is 1. The summed E-state index contributed by atoms with van der Waals surface area (Å²) >= 11 is 0. The molecule has 2 aromatic carbocycles. The van der Waals surface area contributed by atoms with Gasteiger partial charge in [-0.25, -0.2) is 4.98 Å². The van der Waals surface area contributed by atoms with E-state index < -0.39 is 0 Å². The second kappa shape index (κ2) is 7.87. The molecule has 30 heavy (non-hydrogen) atoms. The summed E-state index contributed by atoms with van der Waals surface area (Å²) in [7, 11) is 4.54. The Bertz CT molecular complexity index is 1200. The molecule has 0 unspecified atom stereocenters. The lowest BCUT2D eigenvalue weighted by molar-refractivity contribution is 0.103. The number of aromatic nitrogens is 3. The molecule has 152 valence electrons. The summed E-state index contributed by atoms with van der Waals surface area (Å²) in [6.07, 6.45) is 5.16. The zero-order valence-corrected chi connectivity index (χ0v) is 17.2. The topological polar surface area (TPSA) is 75.0 Å². The van der Waals surface area contributed by atoms with Crippen LogP contribution in [0.2, 0.25) is 0 Å². The molecule has 0 fully saturated rings. The van der Waals surface area contributed by atoms with Crippen LogP contribution in [0.1, 0.15) is 21.6 Å². The Morgan fingerprint density at radius 2 is 1.63 bits per heavy atom.